The molecule has 12 aromatic rings. The Hall–Kier alpha value is -6.98. The molecule has 0 atom stereocenters. The Morgan fingerprint density at radius 2 is 0.656 bits per heavy atom. The van der Waals surface area contributed by atoms with Crippen molar-refractivity contribution in [3.63, 3.8) is 0 Å². The molecule has 14 rings (SSSR count). The molecule has 4 heterocycles. The minimum absolute atomic E-state index is 0.174. The zero-order valence-corrected chi connectivity index (χ0v) is 37.7. The second kappa shape index (κ2) is 12.8. The summed E-state index contributed by atoms with van der Waals surface area (Å²) in [5, 5.41) is 13.0. The van der Waals surface area contributed by atoms with Crippen molar-refractivity contribution in [3.8, 4) is 0 Å². The molecule has 0 fully saturated rings. The van der Waals surface area contributed by atoms with E-state index in [9.17, 15) is 0 Å². The van der Waals surface area contributed by atoms with Crippen LogP contribution in [-0.4, -0.2) is 0 Å². The van der Waals surface area contributed by atoms with Crippen LogP contribution in [0.15, 0.2) is 182 Å². The maximum absolute atomic E-state index is 2.53. The van der Waals surface area contributed by atoms with Gasteiger partial charge in [0.2, 0.25) is 0 Å². The molecule has 0 unspecified atom stereocenters. The zero-order valence-electron chi connectivity index (χ0n) is 36.0. The van der Waals surface area contributed by atoms with Gasteiger partial charge < -0.3 is 9.80 Å². The Morgan fingerprint density at radius 1 is 0.281 bits per heavy atom. The highest BCUT2D eigenvalue weighted by Crippen LogP contribution is 2.57. The van der Waals surface area contributed by atoms with E-state index in [4.69, 9.17) is 0 Å². The molecule has 10 aromatic carbocycles. The summed E-state index contributed by atoms with van der Waals surface area (Å²) in [5.74, 6) is 0. The van der Waals surface area contributed by atoms with E-state index in [1.165, 1.54) is 129 Å². The second-order valence-electron chi connectivity index (χ2n) is 18.9. The van der Waals surface area contributed by atoms with E-state index in [-0.39, 0.29) is 10.8 Å². The van der Waals surface area contributed by atoms with Crippen LogP contribution in [0.2, 0.25) is 0 Å². The minimum atomic E-state index is -0.174. The lowest BCUT2D eigenvalue weighted by Crippen LogP contribution is -2.30. The van der Waals surface area contributed by atoms with Crippen molar-refractivity contribution in [1.29, 1.82) is 0 Å². The molecule has 0 aliphatic carbocycles. The number of para-hydroxylation sites is 2. The maximum Gasteiger partial charge on any atom is 0.0517 e. The predicted molar refractivity (Wildman–Crippen MR) is 278 cm³/mol. The summed E-state index contributed by atoms with van der Waals surface area (Å²) >= 11 is 3.79. The molecule has 0 N–H and O–H groups in total. The van der Waals surface area contributed by atoms with Gasteiger partial charge in [0.1, 0.15) is 0 Å². The molecule has 0 amide bonds. The van der Waals surface area contributed by atoms with E-state index in [0.717, 1.165) is 0 Å². The van der Waals surface area contributed by atoms with Crippen molar-refractivity contribution in [2.75, 3.05) is 9.80 Å². The Kier molecular flexibility index (Phi) is 7.31. The van der Waals surface area contributed by atoms with Crippen molar-refractivity contribution in [2.45, 2.75) is 38.5 Å². The quantitative estimate of drug-likeness (QED) is 0.160. The highest BCUT2D eigenvalue weighted by molar-refractivity contribution is 7.26. The van der Waals surface area contributed by atoms with Crippen LogP contribution >= 0.6 is 22.7 Å². The Labute approximate surface area is 379 Å². The first-order valence-electron chi connectivity index (χ1n) is 22.3. The van der Waals surface area contributed by atoms with Crippen LogP contribution in [0.3, 0.4) is 0 Å². The lowest BCUT2D eigenvalue weighted by molar-refractivity contribution is 0.633. The average molecular weight is 855 g/mol. The van der Waals surface area contributed by atoms with Gasteiger partial charge in [0.15, 0.2) is 0 Å². The van der Waals surface area contributed by atoms with Gasteiger partial charge in [-0.25, -0.2) is 0 Å². The van der Waals surface area contributed by atoms with E-state index in [0.29, 0.717) is 0 Å². The van der Waals surface area contributed by atoms with Crippen LogP contribution in [0.4, 0.5) is 34.1 Å². The van der Waals surface area contributed by atoms with Crippen LogP contribution in [0.5, 0.6) is 0 Å². The topological polar surface area (TPSA) is 6.48 Å². The number of rotatable bonds is 2. The fraction of sp³-hybridized carbons (Fsp3) is 0.100. The summed E-state index contributed by atoms with van der Waals surface area (Å²) in [6, 6.07) is 69.1. The molecule has 0 saturated heterocycles. The van der Waals surface area contributed by atoms with Gasteiger partial charge in [-0.1, -0.05) is 137 Å². The van der Waals surface area contributed by atoms with Gasteiger partial charge in [-0.15, -0.1) is 22.7 Å². The molecule has 2 aromatic heterocycles. The van der Waals surface area contributed by atoms with Gasteiger partial charge in [0, 0.05) is 62.5 Å². The normalized spacial score (nSPS) is 15.1. The lowest BCUT2D eigenvalue weighted by atomic mass is 9.73. The molecule has 0 radical (unpaired) electrons. The highest BCUT2D eigenvalue weighted by atomic mass is 32.1. The van der Waals surface area contributed by atoms with Crippen LogP contribution < -0.4 is 9.80 Å². The molecular formula is C60H42N2S2. The van der Waals surface area contributed by atoms with Gasteiger partial charge >= 0.3 is 0 Å². The number of nitrogens with zero attached hydrogens (tertiary/aromatic N) is 2. The Balaban J connectivity index is 0.982. The number of benzene rings is 10. The SMILES string of the molecule is CC1(C)c2ccccc2N(c2ccc3c4ccc(N5c6ccccc6C(C)(C)c6cc7c(cc65)sc5ccccc57)cc4c4ccccc4c3c2)c2cc3sc4ccccc4c3cc21. The summed E-state index contributed by atoms with van der Waals surface area (Å²) in [6.45, 7) is 9.57. The summed E-state index contributed by atoms with van der Waals surface area (Å²) in [6.07, 6.45) is 0. The standard InChI is InChI=1S/C60H42N2S2/c1-59(2)47-19-9-11-21-51(47)61(53-33-57-45(31-49(53)59)41-17-7-13-23-55(41)63-57)35-25-27-39-40-28-26-36(30-44(40)38-16-6-5-15-37(38)43(39)29-35)62-52-22-12-10-20-48(52)60(3,4)50-32-46-42-18-8-14-24-56(42)64-58(46)34-54(50)62/h5-34H,1-4H3. The lowest BCUT2D eigenvalue weighted by Gasteiger charge is -2.42. The third-order valence-corrected chi connectivity index (χ3v) is 17.0. The van der Waals surface area contributed by atoms with Crippen LogP contribution in [0, 0.1) is 0 Å². The molecule has 64 heavy (non-hydrogen) atoms. The van der Waals surface area contributed by atoms with Crippen LogP contribution in [-0.2, 0) is 10.8 Å². The van der Waals surface area contributed by atoms with Crippen molar-refractivity contribution in [1.82, 2.24) is 0 Å². The van der Waals surface area contributed by atoms with Crippen molar-refractivity contribution in [2.24, 2.45) is 0 Å². The van der Waals surface area contributed by atoms with Gasteiger partial charge in [-0.3, -0.25) is 0 Å². The molecule has 0 bridgehead atoms. The predicted octanol–water partition coefficient (Wildman–Crippen LogP) is 18.1. The average Bonchev–Trinajstić information content (AvgIpc) is 3.88. The number of thiophene rings is 2. The second-order valence-corrected chi connectivity index (χ2v) is 21.1. The summed E-state index contributed by atoms with van der Waals surface area (Å²) in [5.41, 5.74) is 12.4. The molecule has 0 spiro atoms. The largest absolute Gasteiger partial charge is 0.310 e. The zero-order chi connectivity index (χ0) is 42.6. The fourth-order valence-electron chi connectivity index (χ4n) is 11.6. The van der Waals surface area contributed by atoms with E-state index >= 15 is 0 Å². The van der Waals surface area contributed by atoms with Crippen molar-refractivity contribution >= 4 is 129 Å². The first kappa shape index (κ1) is 36.5. The van der Waals surface area contributed by atoms with Gasteiger partial charge in [-0.05, 0) is 127 Å². The summed E-state index contributed by atoms with van der Waals surface area (Å²) < 4.78 is 5.31. The van der Waals surface area contributed by atoms with E-state index < -0.39 is 0 Å². The first-order valence-corrected chi connectivity index (χ1v) is 24.0. The molecule has 0 saturated carbocycles. The van der Waals surface area contributed by atoms with Crippen molar-refractivity contribution < 1.29 is 0 Å². The fourth-order valence-corrected chi connectivity index (χ4v) is 13.8. The molecule has 4 heteroatoms. The molecule has 2 aliphatic heterocycles. The molecule has 304 valence electrons. The maximum atomic E-state index is 2.53. The number of hydrogen-bond donors (Lipinski definition) is 0. The van der Waals surface area contributed by atoms with Crippen LogP contribution in [0.1, 0.15) is 49.9 Å². The van der Waals surface area contributed by atoms with E-state index in [2.05, 4.69) is 219 Å². The minimum Gasteiger partial charge on any atom is -0.310 e. The van der Waals surface area contributed by atoms with Gasteiger partial charge in [0.25, 0.3) is 0 Å². The van der Waals surface area contributed by atoms with Crippen LogP contribution in [0.25, 0.3) is 72.7 Å². The van der Waals surface area contributed by atoms with Gasteiger partial charge in [-0.2, -0.15) is 0 Å². The third kappa shape index (κ3) is 4.85. The first-order chi connectivity index (χ1) is 31.2. The highest BCUT2D eigenvalue weighted by Gasteiger charge is 2.39. The smallest absolute Gasteiger partial charge is 0.0517 e. The monoisotopic (exact) mass is 854 g/mol. The molecule has 2 nitrogen and oxygen atoms in total. The summed E-state index contributed by atoms with van der Waals surface area (Å²) in [7, 11) is 0. The van der Waals surface area contributed by atoms with E-state index in [1.807, 2.05) is 22.7 Å². The van der Waals surface area contributed by atoms with Crippen molar-refractivity contribution in [3.05, 3.63) is 204 Å². The Morgan fingerprint density at radius 3 is 1.11 bits per heavy atom. The van der Waals surface area contributed by atoms with Gasteiger partial charge in [0.05, 0.1) is 22.7 Å². The molecular weight excluding hydrogens is 813 g/mol. The van der Waals surface area contributed by atoms with E-state index in [1.54, 1.807) is 0 Å². The Bertz CT molecular complexity index is 3720. The summed E-state index contributed by atoms with van der Waals surface area (Å²) in [4.78, 5) is 5.06. The number of fused-ring (bicyclic) bond motifs is 16. The third-order valence-electron chi connectivity index (χ3n) is 14.8. The number of anilines is 6. The molecule has 2 aliphatic rings. The number of hydrogen-bond acceptors (Lipinski definition) is 4.